The molecule has 1 heterocycles. The number of carbonyl (C=O) groups is 1. The van der Waals surface area contributed by atoms with E-state index < -0.39 is 11.6 Å². The van der Waals surface area contributed by atoms with Gasteiger partial charge in [-0.2, -0.15) is 0 Å². The largest absolute Gasteiger partial charge is 0.369 e. The van der Waals surface area contributed by atoms with E-state index in [0.29, 0.717) is 31.0 Å². The van der Waals surface area contributed by atoms with Crippen LogP contribution in [0.1, 0.15) is 18.4 Å². The number of halogens is 2. The first-order chi connectivity index (χ1) is 12.0. The van der Waals surface area contributed by atoms with Crippen molar-refractivity contribution in [3.05, 3.63) is 35.4 Å². The second kappa shape index (κ2) is 9.31. The average Bonchev–Trinajstić information content (AvgIpc) is 2.58. The molecular formula is C17H25F2N5O. The quantitative estimate of drug-likeness (QED) is 0.517. The second-order valence-corrected chi connectivity index (χ2v) is 6.15. The van der Waals surface area contributed by atoms with Gasteiger partial charge in [-0.05, 0) is 43.0 Å². The Balaban J connectivity index is 1.74. The summed E-state index contributed by atoms with van der Waals surface area (Å²) < 4.78 is 26.8. The van der Waals surface area contributed by atoms with Crippen molar-refractivity contribution in [1.82, 2.24) is 15.5 Å². The summed E-state index contributed by atoms with van der Waals surface area (Å²) in [4.78, 5) is 17.1. The van der Waals surface area contributed by atoms with Crippen LogP contribution in [0, 0.1) is 11.6 Å². The molecule has 0 spiro atoms. The van der Waals surface area contributed by atoms with Gasteiger partial charge in [-0.15, -0.1) is 0 Å². The van der Waals surface area contributed by atoms with E-state index in [9.17, 15) is 13.6 Å². The van der Waals surface area contributed by atoms with Crippen molar-refractivity contribution in [2.75, 3.05) is 33.2 Å². The summed E-state index contributed by atoms with van der Waals surface area (Å²) >= 11 is 0. The summed E-state index contributed by atoms with van der Waals surface area (Å²) in [6.45, 7) is 2.33. The van der Waals surface area contributed by atoms with E-state index >= 15 is 0 Å². The Morgan fingerprint density at radius 3 is 2.72 bits per heavy atom. The predicted octanol–water partition coefficient (Wildman–Crippen LogP) is 0.622. The molecular weight excluding hydrogens is 328 g/mol. The minimum atomic E-state index is -0.443. The minimum absolute atomic E-state index is 0.251. The molecule has 8 heteroatoms. The molecule has 0 aliphatic carbocycles. The lowest BCUT2D eigenvalue weighted by molar-refractivity contribution is -0.119. The van der Waals surface area contributed by atoms with Gasteiger partial charge in [0, 0.05) is 32.7 Å². The van der Waals surface area contributed by atoms with Gasteiger partial charge in [0.1, 0.15) is 11.6 Å². The van der Waals surface area contributed by atoms with Crippen molar-refractivity contribution >= 4 is 11.9 Å². The molecule has 1 saturated heterocycles. The molecule has 0 atom stereocenters. The molecule has 1 aromatic carbocycles. The molecule has 6 nitrogen and oxygen atoms in total. The van der Waals surface area contributed by atoms with Gasteiger partial charge in [-0.25, -0.2) is 8.78 Å². The monoisotopic (exact) mass is 353 g/mol. The number of nitrogens with two attached hydrogens (primary N) is 1. The summed E-state index contributed by atoms with van der Waals surface area (Å²) in [5.74, 6) is -0.534. The van der Waals surface area contributed by atoms with Crippen molar-refractivity contribution in [3.8, 4) is 0 Å². The number of hydrogen-bond donors (Lipinski definition) is 3. The van der Waals surface area contributed by atoms with E-state index in [1.165, 1.54) is 6.07 Å². The van der Waals surface area contributed by atoms with Crippen molar-refractivity contribution in [2.45, 2.75) is 25.3 Å². The molecule has 1 aromatic rings. The smallest absolute Gasteiger partial charge is 0.231 e. The number of nitrogens with zero attached hydrogens (tertiary/aromatic N) is 2. The molecule has 2 rings (SSSR count). The fourth-order valence-corrected chi connectivity index (χ4v) is 2.89. The number of nitrogens with one attached hydrogen (secondary N) is 2. The first-order valence-electron chi connectivity index (χ1n) is 8.39. The fraction of sp³-hybridized carbons (Fsp3) is 0.529. The van der Waals surface area contributed by atoms with Gasteiger partial charge in [0.15, 0.2) is 5.96 Å². The predicted molar refractivity (Wildman–Crippen MR) is 93.2 cm³/mol. The van der Waals surface area contributed by atoms with E-state index in [2.05, 4.69) is 15.6 Å². The lowest BCUT2D eigenvalue weighted by Gasteiger charge is -2.32. The second-order valence-electron chi connectivity index (χ2n) is 6.15. The Morgan fingerprint density at radius 2 is 2.08 bits per heavy atom. The van der Waals surface area contributed by atoms with E-state index in [-0.39, 0.29) is 11.9 Å². The third-order valence-electron chi connectivity index (χ3n) is 4.23. The van der Waals surface area contributed by atoms with Crippen molar-refractivity contribution in [1.29, 1.82) is 0 Å². The standard InChI is InChI=1S/C17H25F2N5O/c1-21-17(22-7-4-12-10-13(18)2-3-15(12)19)23-14-5-8-24(9-6-14)11-16(20)25/h2-3,10,14H,4-9,11H2,1H3,(H2,20,25)(H2,21,22,23). The zero-order chi connectivity index (χ0) is 18.2. The normalized spacial score (nSPS) is 16.7. The molecule has 25 heavy (non-hydrogen) atoms. The summed E-state index contributed by atoms with van der Waals surface area (Å²) in [6, 6.07) is 3.71. The van der Waals surface area contributed by atoms with Gasteiger partial charge in [0.05, 0.1) is 6.54 Å². The molecule has 4 N–H and O–H groups in total. The first-order valence-corrected chi connectivity index (χ1v) is 8.39. The zero-order valence-corrected chi connectivity index (χ0v) is 14.4. The summed E-state index contributed by atoms with van der Waals surface area (Å²) in [6.07, 6.45) is 2.13. The van der Waals surface area contributed by atoms with E-state index in [1.807, 2.05) is 4.90 Å². The van der Waals surface area contributed by atoms with Gasteiger partial charge >= 0.3 is 0 Å². The van der Waals surface area contributed by atoms with Gasteiger partial charge in [0.25, 0.3) is 0 Å². The molecule has 138 valence electrons. The van der Waals surface area contributed by atoms with Crippen LogP contribution in [-0.4, -0.2) is 56.0 Å². The summed E-state index contributed by atoms with van der Waals surface area (Å²) in [5, 5.41) is 6.44. The molecule has 0 unspecified atom stereocenters. The van der Waals surface area contributed by atoms with Crippen LogP contribution in [0.25, 0.3) is 0 Å². The van der Waals surface area contributed by atoms with Gasteiger partial charge < -0.3 is 16.4 Å². The number of rotatable bonds is 6. The zero-order valence-electron chi connectivity index (χ0n) is 14.4. The Labute approximate surface area is 146 Å². The van der Waals surface area contributed by atoms with E-state index in [1.54, 1.807) is 7.05 Å². The number of hydrogen-bond acceptors (Lipinski definition) is 3. The molecule has 1 fully saturated rings. The maximum absolute atomic E-state index is 13.6. The Kier molecular flexibility index (Phi) is 7.12. The van der Waals surface area contributed by atoms with Crippen LogP contribution in [0.15, 0.2) is 23.2 Å². The van der Waals surface area contributed by atoms with Crippen molar-refractivity contribution < 1.29 is 13.6 Å². The average molecular weight is 353 g/mol. The van der Waals surface area contributed by atoms with Crippen LogP contribution >= 0.6 is 0 Å². The third-order valence-corrected chi connectivity index (χ3v) is 4.23. The summed E-state index contributed by atoms with van der Waals surface area (Å²) in [5.41, 5.74) is 5.54. The highest BCUT2D eigenvalue weighted by Crippen LogP contribution is 2.11. The van der Waals surface area contributed by atoms with E-state index in [0.717, 1.165) is 38.1 Å². The van der Waals surface area contributed by atoms with E-state index in [4.69, 9.17) is 5.73 Å². The molecule has 1 aliphatic rings. The first kappa shape index (κ1) is 19.1. The molecule has 1 amide bonds. The summed E-state index contributed by atoms with van der Waals surface area (Å²) in [7, 11) is 1.67. The number of piperidine rings is 1. The van der Waals surface area contributed by atoms with Crippen LogP contribution in [0.3, 0.4) is 0 Å². The van der Waals surface area contributed by atoms with Crippen molar-refractivity contribution in [2.24, 2.45) is 10.7 Å². The Hall–Kier alpha value is -2.22. The van der Waals surface area contributed by atoms with Gasteiger partial charge in [-0.1, -0.05) is 0 Å². The lowest BCUT2D eigenvalue weighted by Crippen LogP contribution is -2.50. The van der Waals surface area contributed by atoms with Crippen LogP contribution in [0.2, 0.25) is 0 Å². The fourth-order valence-electron chi connectivity index (χ4n) is 2.89. The third kappa shape index (κ3) is 6.30. The number of carbonyl (C=O) groups excluding carboxylic acids is 1. The molecule has 1 aliphatic heterocycles. The molecule has 0 radical (unpaired) electrons. The Bertz CT molecular complexity index is 615. The lowest BCUT2D eigenvalue weighted by atomic mass is 10.1. The highest BCUT2D eigenvalue weighted by Gasteiger charge is 2.20. The molecule has 0 bridgehead atoms. The van der Waals surface area contributed by atoms with Crippen molar-refractivity contribution in [3.63, 3.8) is 0 Å². The SMILES string of the molecule is CN=C(NCCc1cc(F)ccc1F)NC1CCN(CC(N)=O)CC1. The van der Waals surface area contributed by atoms with Crippen LogP contribution < -0.4 is 16.4 Å². The number of guanidine groups is 1. The highest BCUT2D eigenvalue weighted by molar-refractivity contribution is 5.80. The molecule has 0 aromatic heterocycles. The number of likely N-dealkylation sites (tertiary alicyclic amines) is 1. The highest BCUT2D eigenvalue weighted by atomic mass is 19.1. The number of benzene rings is 1. The Morgan fingerprint density at radius 1 is 1.36 bits per heavy atom. The molecule has 0 saturated carbocycles. The maximum atomic E-state index is 13.6. The topological polar surface area (TPSA) is 82.8 Å². The van der Waals surface area contributed by atoms with Crippen LogP contribution in [0.5, 0.6) is 0 Å². The maximum Gasteiger partial charge on any atom is 0.231 e. The van der Waals surface area contributed by atoms with Gasteiger partial charge in [0.2, 0.25) is 5.91 Å². The van der Waals surface area contributed by atoms with Gasteiger partial charge in [-0.3, -0.25) is 14.7 Å². The van der Waals surface area contributed by atoms with Crippen LogP contribution in [-0.2, 0) is 11.2 Å². The minimum Gasteiger partial charge on any atom is -0.369 e. The number of primary amides is 1. The number of aliphatic imine (C=N–C) groups is 1. The van der Waals surface area contributed by atoms with Crippen LogP contribution in [0.4, 0.5) is 8.78 Å². The number of amides is 1.